The van der Waals surface area contributed by atoms with Gasteiger partial charge in [-0.3, -0.25) is 4.79 Å². The summed E-state index contributed by atoms with van der Waals surface area (Å²) in [5.74, 6) is -0.693. The molecule has 1 heterocycles. The lowest BCUT2D eigenvalue weighted by atomic mass is 9.63. The summed E-state index contributed by atoms with van der Waals surface area (Å²) in [5.41, 5.74) is 1.25. The third-order valence-electron chi connectivity index (χ3n) is 3.80. The fourth-order valence-electron chi connectivity index (χ4n) is 2.67. The minimum absolute atomic E-state index is 0.660. The molecule has 0 unspecified atom stereocenters. The summed E-state index contributed by atoms with van der Waals surface area (Å²) in [6.45, 7) is 1.95. The largest absolute Gasteiger partial charge is 0.481 e. The Hall–Kier alpha value is -1.42. The van der Waals surface area contributed by atoms with Crippen molar-refractivity contribution in [1.82, 2.24) is 4.37 Å². The van der Waals surface area contributed by atoms with E-state index in [-0.39, 0.29) is 0 Å². The Bertz CT molecular complexity index is 598. The maximum absolute atomic E-state index is 11.6. The van der Waals surface area contributed by atoms with E-state index in [0.717, 1.165) is 40.6 Å². The Balaban J connectivity index is 2.30. The second-order valence-electron chi connectivity index (χ2n) is 4.69. The summed E-state index contributed by atoms with van der Waals surface area (Å²) in [5, 5.41) is 10.6. The molecule has 0 bridgehead atoms. The lowest BCUT2D eigenvalue weighted by molar-refractivity contribution is -0.147. The molecule has 0 radical (unpaired) electrons. The highest BCUT2D eigenvalue weighted by atomic mass is 32.1. The van der Waals surface area contributed by atoms with E-state index in [1.165, 1.54) is 11.5 Å². The van der Waals surface area contributed by atoms with E-state index in [2.05, 4.69) is 4.37 Å². The van der Waals surface area contributed by atoms with Gasteiger partial charge in [-0.25, -0.2) is 0 Å². The molecule has 0 spiro atoms. The molecule has 88 valence electrons. The Morgan fingerprint density at radius 2 is 2.24 bits per heavy atom. The van der Waals surface area contributed by atoms with E-state index in [4.69, 9.17) is 0 Å². The van der Waals surface area contributed by atoms with Crippen LogP contribution in [0, 0.1) is 6.92 Å². The molecule has 4 heteroatoms. The van der Waals surface area contributed by atoms with Crippen molar-refractivity contribution in [2.24, 2.45) is 0 Å². The highest BCUT2D eigenvalue weighted by molar-refractivity contribution is 7.13. The number of fused-ring (bicyclic) bond motifs is 1. The lowest BCUT2D eigenvalue weighted by Gasteiger charge is -2.38. The summed E-state index contributed by atoms with van der Waals surface area (Å²) in [6.07, 6.45) is 2.49. The Morgan fingerprint density at radius 1 is 1.47 bits per heavy atom. The first-order valence-electron chi connectivity index (χ1n) is 5.74. The third kappa shape index (κ3) is 1.33. The first-order chi connectivity index (χ1) is 8.15. The second-order valence-corrected chi connectivity index (χ2v) is 5.49. The minimum atomic E-state index is -0.693. The van der Waals surface area contributed by atoms with Gasteiger partial charge in [-0.2, -0.15) is 4.37 Å². The van der Waals surface area contributed by atoms with Crippen LogP contribution in [0.25, 0.3) is 10.1 Å². The van der Waals surface area contributed by atoms with Gasteiger partial charge < -0.3 is 5.11 Å². The van der Waals surface area contributed by atoms with Gasteiger partial charge in [0.25, 0.3) is 0 Å². The van der Waals surface area contributed by atoms with Crippen LogP contribution in [-0.4, -0.2) is 15.4 Å². The van der Waals surface area contributed by atoms with Crippen molar-refractivity contribution in [3.63, 3.8) is 0 Å². The van der Waals surface area contributed by atoms with Crippen molar-refractivity contribution in [2.75, 3.05) is 0 Å². The number of hydrogen-bond donors (Lipinski definition) is 1. The van der Waals surface area contributed by atoms with Crippen molar-refractivity contribution in [2.45, 2.75) is 31.6 Å². The van der Waals surface area contributed by atoms with E-state index in [9.17, 15) is 9.90 Å². The number of hydrogen-bond acceptors (Lipinski definition) is 3. The Morgan fingerprint density at radius 3 is 2.82 bits per heavy atom. The molecule has 17 heavy (non-hydrogen) atoms. The van der Waals surface area contributed by atoms with Crippen LogP contribution in [0.5, 0.6) is 0 Å². The molecule has 0 aliphatic heterocycles. The topological polar surface area (TPSA) is 50.2 Å². The molecule has 0 amide bonds. The smallest absolute Gasteiger partial charge is 0.314 e. The number of aliphatic carboxylic acids is 1. The van der Waals surface area contributed by atoms with Crippen molar-refractivity contribution in [3.8, 4) is 0 Å². The van der Waals surface area contributed by atoms with E-state index >= 15 is 0 Å². The summed E-state index contributed by atoms with van der Waals surface area (Å²) in [4.78, 5) is 11.6. The van der Waals surface area contributed by atoms with Crippen LogP contribution in [0.1, 0.15) is 30.5 Å². The predicted octanol–water partition coefficient (Wildman–Crippen LogP) is 3.11. The molecule has 1 aliphatic rings. The predicted molar refractivity (Wildman–Crippen MR) is 67.5 cm³/mol. The normalized spacial score (nSPS) is 17.9. The van der Waals surface area contributed by atoms with Gasteiger partial charge in [-0.15, -0.1) is 0 Å². The highest BCUT2D eigenvalue weighted by Gasteiger charge is 2.47. The molecule has 1 N–H and O–H groups in total. The maximum Gasteiger partial charge on any atom is 0.314 e. The number of aryl methyl sites for hydroxylation is 1. The van der Waals surface area contributed by atoms with Gasteiger partial charge in [-0.05, 0) is 42.9 Å². The highest BCUT2D eigenvalue weighted by Crippen LogP contribution is 2.47. The molecular weight excluding hydrogens is 234 g/mol. The van der Waals surface area contributed by atoms with Crippen LogP contribution in [0.2, 0.25) is 0 Å². The minimum Gasteiger partial charge on any atom is -0.481 e. The molecule has 1 aromatic heterocycles. The fraction of sp³-hybridized carbons (Fsp3) is 0.385. The quantitative estimate of drug-likeness (QED) is 0.887. The number of benzene rings is 1. The number of carboxylic acid groups (broad SMARTS) is 1. The van der Waals surface area contributed by atoms with Gasteiger partial charge in [0, 0.05) is 5.39 Å². The zero-order valence-electron chi connectivity index (χ0n) is 9.56. The molecule has 3 rings (SSSR count). The molecule has 1 aromatic carbocycles. The van der Waals surface area contributed by atoms with E-state index < -0.39 is 11.4 Å². The Labute approximate surface area is 103 Å². The van der Waals surface area contributed by atoms with E-state index in [1.54, 1.807) is 0 Å². The summed E-state index contributed by atoms with van der Waals surface area (Å²) >= 11 is 1.45. The number of nitrogens with zero attached hydrogens (tertiary/aromatic N) is 1. The average Bonchev–Trinajstić information content (AvgIpc) is 2.59. The summed E-state index contributed by atoms with van der Waals surface area (Å²) in [7, 11) is 0. The molecule has 1 saturated carbocycles. The van der Waals surface area contributed by atoms with Crippen molar-refractivity contribution < 1.29 is 9.90 Å². The number of carbonyl (C=O) groups is 1. The first-order valence-corrected chi connectivity index (χ1v) is 6.51. The molecule has 1 aliphatic carbocycles. The van der Waals surface area contributed by atoms with Gasteiger partial charge in [0.15, 0.2) is 0 Å². The molecular formula is C13H13NO2S. The van der Waals surface area contributed by atoms with Gasteiger partial charge in [0.2, 0.25) is 0 Å². The van der Waals surface area contributed by atoms with E-state index in [0.29, 0.717) is 0 Å². The molecule has 2 aromatic rings. The van der Waals surface area contributed by atoms with Crippen molar-refractivity contribution >= 4 is 27.6 Å². The van der Waals surface area contributed by atoms with Crippen LogP contribution in [0.4, 0.5) is 0 Å². The first kappa shape index (κ1) is 10.7. The number of rotatable bonds is 2. The standard InChI is InChI=1S/C13H13NO2S/c1-8-11-9(4-2-5-10(11)17-14-8)13(12(15)16)6-3-7-13/h2,4-5H,3,6-7H2,1H3,(H,15,16). The zero-order valence-corrected chi connectivity index (χ0v) is 10.4. The Kier molecular flexibility index (Phi) is 2.23. The SMILES string of the molecule is Cc1nsc2cccc(C3(C(=O)O)CCC3)c12. The fourth-order valence-corrected chi connectivity index (χ4v) is 3.49. The van der Waals surface area contributed by atoms with Crippen LogP contribution in [-0.2, 0) is 10.2 Å². The van der Waals surface area contributed by atoms with Gasteiger partial charge in [-0.1, -0.05) is 18.6 Å². The van der Waals surface area contributed by atoms with Crippen LogP contribution < -0.4 is 0 Å². The number of carboxylic acids is 1. The second kappa shape index (κ2) is 3.53. The van der Waals surface area contributed by atoms with Crippen molar-refractivity contribution in [1.29, 1.82) is 0 Å². The summed E-state index contributed by atoms with van der Waals surface area (Å²) < 4.78 is 5.43. The van der Waals surface area contributed by atoms with Gasteiger partial charge in [0.05, 0.1) is 15.8 Å². The zero-order chi connectivity index (χ0) is 12.0. The monoisotopic (exact) mass is 247 g/mol. The summed E-state index contributed by atoms with van der Waals surface area (Å²) in [6, 6.07) is 5.91. The maximum atomic E-state index is 11.6. The van der Waals surface area contributed by atoms with Gasteiger partial charge >= 0.3 is 5.97 Å². The molecule has 0 atom stereocenters. The molecule has 1 fully saturated rings. The van der Waals surface area contributed by atoms with Gasteiger partial charge in [0.1, 0.15) is 0 Å². The number of aromatic nitrogens is 1. The third-order valence-corrected chi connectivity index (χ3v) is 4.70. The average molecular weight is 247 g/mol. The van der Waals surface area contributed by atoms with Crippen LogP contribution in [0.15, 0.2) is 18.2 Å². The lowest BCUT2D eigenvalue weighted by Crippen LogP contribution is -2.42. The van der Waals surface area contributed by atoms with Crippen LogP contribution in [0.3, 0.4) is 0 Å². The van der Waals surface area contributed by atoms with Crippen molar-refractivity contribution in [3.05, 3.63) is 29.5 Å². The molecule has 3 nitrogen and oxygen atoms in total. The van der Waals surface area contributed by atoms with Crippen LogP contribution >= 0.6 is 11.5 Å². The molecule has 0 saturated heterocycles. The van der Waals surface area contributed by atoms with E-state index in [1.807, 2.05) is 25.1 Å².